The van der Waals surface area contributed by atoms with Crippen molar-refractivity contribution in [2.24, 2.45) is 0 Å². The molecule has 6 heteroatoms. The minimum Gasteiger partial charge on any atom is -0.444 e. The molecule has 0 heterocycles. The van der Waals surface area contributed by atoms with Crippen molar-refractivity contribution in [3.8, 4) is 0 Å². The van der Waals surface area contributed by atoms with Crippen LogP contribution in [-0.2, 0) is 4.74 Å². The number of hydrogen-bond acceptors (Lipinski definition) is 2. The van der Waals surface area contributed by atoms with Crippen LogP contribution in [-0.4, -0.2) is 18.2 Å². The van der Waals surface area contributed by atoms with Crippen molar-refractivity contribution in [3.05, 3.63) is 39.6 Å². The van der Waals surface area contributed by atoms with E-state index in [-0.39, 0.29) is 10.0 Å². The molecule has 1 amide bonds. The molecule has 0 saturated heterocycles. The smallest absolute Gasteiger partial charge is 0.407 e. The molecule has 21 heavy (non-hydrogen) atoms. The fourth-order valence-electron chi connectivity index (χ4n) is 1.49. The molecule has 0 fully saturated rings. The van der Waals surface area contributed by atoms with Gasteiger partial charge in [-0.15, -0.1) is 0 Å². The number of halogens is 3. The van der Waals surface area contributed by atoms with Gasteiger partial charge in [-0.3, -0.25) is 0 Å². The highest BCUT2D eigenvalue weighted by Gasteiger charge is 2.15. The number of amides is 1. The summed E-state index contributed by atoms with van der Waals surface area (Å²) in [5.74, 6) is -0.478. The summed E-state index contributed by atoms with van der Waals surface area (Å²) in [5.41, 5.74) is 0.0340. The number of nitrogens with one attached hydrogen (secondary N) is 1. The lowest BCUT2D eigenvalue weighted by atomic mass is 10.2. The average molecular weight is 334 g/mol. The maximum Gasteiger partial charge on any atom is 0.407 e. The van der Waals surface area contributed by atoms with E-state index in [9.17, 15) is 9.18 Å². The molecule has 116 valence electrons. The van der Waals surface area contributed by atoms with Crippen molar-refractivity contribution in [2.75, 3.05) is 6.54 Å². The highest BCUT2D eigenvalue weighted by molar-refractivity contribution is 6.37. The van der Waals surface area contributed by atoms with E-state index >= 15 is 0 Å². The number of benzene rings is 1. The van der Waals surface area contributed by atoms with Crippen molar-refractivity contribution in [3.63, 3.8) is 0 Å². The van der Waals surface area contributed by atoms with Crippen LogP contribution in [0.4, 0.5) is 9.18 Å². The Labute approximate surface area is 134 Å². The van der Waals surface area contributed by atoms with Crippen LogP contribution in [0.5, 0.6) is 0 Å². The number of alkyl carbamates (subject to hydrolysis) is 1. The van der Waals surface area contributed by atoms with Crippen molar-refractivity contribution >= 4 is 35.4 Å². The molecule has 0 aliphatic rings. The van der Waals surface area contributed by atoms with E-state index in [2.05, 4.69) is 5.32 Å². The third kappa shape index (κ3) is 6.82. The third-order valence-corrected chi connectivity index (χ3v) is 2.93. The number of carbonyl (C=O) groups is 1. The van der Waals surface area contributed by atoms with Gasteiger partial charge in [0.15, 0.2) is 0 Å². The Bertz CT molecular complexity index is 516. The summed E-state index contributed by atoms with van der Waals surface area (Å²) in [6.07, 6.45) is 3.60. The van der Waals surface area contributed by atoms with E-state index in [1.54, 1.807) is 32.9 Å². The van der Waals surface area contributed by atoms with Crippen LogP contribution in [0.15, 0.2) is 18.2 Å². The predicted octanol–water partition coefficient (Wildman–Crippen LogP) is 5.06. The van der Waals surface area contributed by atoms with E-state index < -0.39 is 17.5 Å². The van der Waals surface area contributed by atoms with Gasteiger partial charge in [-0.05, 0) is 39.3 Å². The zero-order valence-corrected chi connectivity index (χ0v) is 13.7. The summed E-state index contributed by atoms with van der Waals surface area (Å²) in [5, 5.41) is 3.12. The monoisotopic (exact) mass is 333 g/mol. The minimum absolute atomic E-state index is 0.247. The van der Waals surface area contributed by atoms with Gasteiger partial charge < -0.3 is 10.1 Å². The predicted molar refractivity (Wildman–Crippen MR) is 84.3 cm³/mol. The molecule has 0 atom stereocenters. The SMILES string of the molecule is CC(C)(C)OC(=O)NCCC=Cc1c(Cl)cc(F)cc1Cl. The fraction of sp³-hybridized carbons (Fsp3) is 0.400. The summed E-state index contributed by atoms with van der Waals surface area (Å²) in [4.78, 5) is 11.4. The van der Waals surface area contributed by atoms with Gasteiger partial charge in [-0.2, -0.15) is 0 Å². The van der Waals surface area contributed by atoms with Gasteiger partial charge in [0.25, 0.3) is 0 Å². The largest absolute Gasteiger partial charge is 0.444 e. The standard InChI is InChI=1S/C15H18Cl2FNO2/c1-15(2,3)21-14(20)19-7-5-4-6-11-12(16)8-10(18)9-13(11)17/h4,6,8-9H,5,7H2,1-3H3,(H,19,20). The van der Waals surface area contributed by atoms with Crippen LogP contribution >= 0.6 is 23.2 Å². The van der Waals surface area contributed by atoms with E-state index in [0.717, 1.165) is 0 Å². The Kier molecular flexibility index (Phi) is 6.49. The fourth-order valence-corrected chi connectivity index (χ4v) is 2.07. The first-order valence-electron chi connectivity index (χ1n) is 6.47. The van der Waals surface area contributed by atoms with Crippen molar-refractivity contribution in [1.82, 2.24) is 5.32 Å². The van der Waals surface area contributed by atoms with Crippen molar-refractivity contribution < 1.29 is 13.9 Å². The lowest BCUT2D eigenvalue weighted by molar-refractivity contribution is 0.0529. The van der Waals surface area contributed by atoms with E-state index in [1.165, 1.54) is 12.1 Å². The Morgan fingerprint density at radius 1 is 1.33 bits per heavy atom. The molecule has 0 aromatic heterocycles. The van der Waals surface area contributed by atoms with Gasteiger partial charge in [-0.25, -0.2) is 9.18 Å². The lowest BCUT2D eigenvalue weighted by Crippen LogP contribution is -2.32. The summed E-state index contributed by atoms with van der Waals surface area (Å²) < 4.78 is 18.1. The Balaban J connectivity index is 2.45. The van der Waals surface area contributed by atoms with Gasteiger partial charge >= 0.3 is 6.09 Å². The number of rotatable bonds is 4. The van der Waals surface area contributed by atoms with E-state index in [0.29, 0.717) is 18.5 Å². The Morgan fingerprint density at radius 2 is 1.90 bits per heavy atom. The van der Waals surface area contributed by atoms with Crippen LogP contribution in [0, 0.1) is 5.82 Å². The molecule has 0 bridgehead atoms. The number of ether oxygens (including phenoxy) is 1. The van der Waals surface area contributed by atoms with Crippen LogP contribution in [0.3, 0.4) is 0 Å². The summed E-state index contributed by atoms with van der Waals surface area (Å²) >= 11 is 11.8. The normalized spacial score (nSPS) is 11.7. The molecule has 0 unspecified atom stereocenters. The van der Waals surface area contributed by atoms with Crippen LogP contribution in [0.1, 0.15) is 32.8 Å². The van der Waals surface area contributed by atoms with Gasteiger partial charge in [0, 0.05) is 12.1 Å². The highest BCUT2D eigenvalue weighted by atomic mass is 35.5. The first kappa shape index (κ1) is 17.8. The summed E-state index contributed by atoms with van der Waals surface area (Å²) in [6, 6.07) is 2.40. The number of carbonyl (C=O) groups excluding carboxylic acids is 1. The molecule has 1 aromatic rings. The molecule has 0 aliphatic heterocycles. The average Bonchev–Trinajstić information content (AvgIpc) is 2.29. The molecule has 1 N–H and O–H groups in total. The summed E-state index contributed by atoms with van der Waals surface area (Å²) in [7, 11) is 0. The van der Waals surface area contributed by atoms with Crippen molar-refractivity contribution in [2.45, 2.75) is 32.8 Å². The van der Waals surface area contributed by atoms with Crippen molar-refractivity contribution in [1.29, 1.82) is 0 Å². The maximum atomic E-state index is 13.0. The molecule has 1 aromatic carbocycles. The maximum absolute atomic E-state index is 13.0. The lowest BCUT2D eigenvalue weighted by Gasteiger charge is -2.19. The highest BCUT2D eigenvalue weighted by Crippen LogP contribution is 2.27. The molecule has 0 spiro atoms. The Hall–Kier alpha value is -1.26. The third-order valence-electron chi connectivity index (χ3n) is 2.31. The summed E-state index contributed by atoms with van der Waals surface area (Å²) in [6.45, 7) is 5.81. The second kappa shape index (κ2) is 7.66. The van der Waals surface area contributed by atoms with Crippen LogP contribution in [0.25, 0.3) is 6.08 Å². The van der Waals surface area contributed by atoms with Gasteiger partial charge in [0.2, 0.25) is 0 Å². The zero-order chi connectivity index (χ0) is 16.0. The first-order valence-corrected chi connectivity index (χ1v) is 7.22. The molecular formula is C15H18Cl2FNO2. The zero-order valence-electron chi connectivity index (χ0n) is 12.2. The molecular weight excluding hydrogens is 316 g/mol. The van der Waals surface area contributed by atoms with E-state index in [4.69, 9.17) is 27.9 Å². The quantitative estimate of drug-likeness (QED) is 0.782. The van der Waals surface area contributed by atoms with Crippen LogP contribution < -0.4 is 5.32 Å². The first-order chi connectivity index (χ1) is 9.69. The topological polar surface area (TPSA) is 38.3 Å². The molecule has 0 aliphatic carbocycles. The second-order valence-electron chi connectivity index (χ2n) is 5.40. The van der Waals surface area contributed by atoms with Gasteiger partial charge in [0.05, 0.1) is 10.0 Å². The molecule has 3 nitrogen and oxygen atoms in total. The number of hydrogen-bond donors (Lipinski definition) is 1. The minimum atomic E-state index is -0.519. The van der Waals surface area contributed by atoms with Crippen LogP contribution in [0.2, 0.25) is 10.0 Å². The van der Waals surface area contributed by atoms with E-state index in [1.807, 2.05) is 0 Å². The molecule has 0 saturated carbocycles. The van der Waals surface area contributed by atoms with Gasteiger partial charge in [-0.1, -0.05) is 35.4 Å². The molecule has 0 radical (unpaired) electrons. The second-order valence-corrected chi connectivity index (χ2v) is 6.22. The Morgan fingerprint density at radius 3 is 2.43 bits per heavy atom. The molecule has 1 rings (SSSR count). The van der Waals surface area contributed by atoms with Gasteiger partial charge in [0.1, 0.15) is 11.4 Å².